The highest BCUT2D eigenvalue weighted by Crippen LogP contribution is 2.28. The number of piperidine rings is 1. The van der Waals surface area contributed by atoms with E-state index in [1.165, 1.54) is 44.9 Å². The molecule has 0 spiro atoms. The van der Waals surface area contributed by atoms with E-state index in [4.69, 9.17) is 0 Å². The molecule has 0 aromatic rings. The third-order valence-electron chi connectivity index (χ3n) is 4.04. The Labute approximate surface area is 107 Å². The van der Waals surface area contributed by atoms with E-state index >= 15 is 0 Å². The lowest BCUT2D eigenvalue weighted by Gasteiger charge is -2.40. The van der Waals surface area contributed by atoms with Crippen molar-refractivity contribution < 1.29 is 4.79 Å². The van der Waals surface area contributed by atoms with Crippen LogP contribution in [0.3, 0.4) is 0 Å². The van der Waals surface area contributed by atoms with Crippen LogP contribution in [0.5, 0.6) is 0 Å². The molecule has 0 bridgehead atoms. The minimum Gasteiger partial charge on any atom is -0.303 e. The zero-order valence-corrected chi connectivity index (χ0v) is 11.9. The Morgan fingerprint density at radius 1 is 1.29 bits per heavy atom. The first-order valence-corrected chi connectivity index (χ1v) is 7.35. The highest BCUT2D eigenvalue weighted by atomic mass is 16.1. The van der Waals surface area contributed by atoms with Gasteiger partial charge in [-0.1, -0.05) is 40.0 Å². The molecule has 1 saturated heterocycles. The van der Waals surface area contributed by atoms with Crippen molar-refractivity contribution >= 4 is 6.29 Å². The number of carbonyl (C=O) groups excluding carboxylic acids is 1. The van der Waals surface area contributed by atoms with Gasteiger partial charge in [0.05, 0.1) is 0 Å². The van der Waals surface area contributed by atoms with Crippen LogP contribution in [-0.4, -0.2) is 30.3 Å². The maximum atomic E-state index is 11.3. The lowest BCUT2D eigenvalue weighted by atomic mass is 9.85. The molecule has 100 valence electrons. The first-order chi connectivity index (χ1) is 8.15. The summed E-state index contributed by atoms with van der Waals surface area (Å²) in [6.07, 6.45) is 9.86. The van der Waals surface area contributed by atoms with Gasteiger partial charge in [0.15, 0.2) is 0 Å². The van der Waals surface area contributed by atoms with Gasteiger partial charge in [0.1, 0.15) is 6.29 Å². The van der Waals surface area contributed by atoms with Crippen LogP contribution >= 0.6 is 0 Å². The van der Waals surface area contributed by atoms with Gasteiger partial charge in [-0.3, -0.25) is 4.90 Å². The highest BCUT2D eigenvalue weighted by Gasteiger charge is 2.30. The zero-order chi connectivity index (χ0) is 12.7. The molecule has 1 aliphatic heterocycles. The van der Waals surface area contributed by atoms with Gasteiger partial charge in [-0.2, -0.15) is 0 Å². The molecule has 0 N–H and O–H groups in total. The van der Waals surface area contributed by atoms with Crippen LogP contribution in [0.4, 0.5) is 0 Å². The molecule has 1 rings (SSSR count). The molecular formula is C15H29NO. The summed E-state index contributed by atoms with van der Waals surface area (Å²) in [6, 6.07) is 0.727. The van der Waals surface area contributed by atoms with Crippen molar-refractivity contribution in [2.24, 2.45) is 5.41 Å². The third-order valence-corrected chi connectivity index (χ3v) is 4.04. The van der Waals surface area contributed by atoms with Gasteiger partial charge < -0.3 is 4.79 Å². The molecule has 0 saturated carbocycles. The zero-order valence-electron chi connectivity index (χ0n) is 11.9. The molecule has 0 aliphatic carbocycles. The number of nitrogens with zero attached hydrogens (tertiary/aromatic N) is 1. The summed E-state index contributed by atoms with van der Waals surface area (Å²) in [5.41, 5.74) is -0.127. The lowest BCUT2D eigenvalue weighted by Crippen LogP contribution is -2.45. The fourth-order valence-corrected chi connectivity index (χ4v) is 3.14. The molecule has 0 aromatic heterocycles. The van der Waals surface area contributed by atoms with Crippen LogP contribution in [0.15, 0.2) is 0 Å². The topological polar surface area (TPSA) is 20.3 Å². The van der Waals surface area contributed by atoms with Gasteiger partial charge in [-0.25, -0.2) is 0 Å². The third kappa shape index (κ3) is 4.42. The van der Waals surface area contributed by atoms with Crippen LogP contribution in [0, 0.1) is 5.41 Å². The van der Waals surface area contributed by atoms with Crippen molar-refractivity contribution in [3.63, 3.8) is 0 Å². The summed E-state index contributed by atoms with van der Waals surface area (Å²) in [4.78, 5) is 13.9. The average Bonchev–Trinajstić information content (AvgIpc) is 2.32. The number of aldehydes is 1. The van der Waals surface area contributed by atoms with Gasteiger partial charge in [0, 0.05) is 18.0 Å². The Hall–Kier alpha value is -0.370. The summed E-state index contributed by atoms with van der Waals surface area (Å²) in [6.45, 7) is 8.72. The summed E-state index contributed by atoms with van der Waals surface area (Å²) in [7, 11) is 0. The molecule has 2 atom stereocenters. The van der Waals surface area contributed by atoms with Crippen LogP contribution in [0.2, 0.25) is 0 Å². The van der Waals surface area contributed by atoms with Crippen molar-refractivity contribution in [1.82, 2.24) is 4.90 Å². The quantitative estimate of drug-likeness (QED) is 0.632. The van der Waals surface area contributed by atoms with E-state index in [9.17, 15) is 4.79 Å². The van der Waals surface area contributed by atoms with E-state index in [1.807, 2.05) is 0 Å². The Bertz CT molecular complexity index is 227. The van der Waals surface area contributed by atoms with Gasteiger partial charge in [0.25, 0.3) is 0 Å². The lowest BCUT2D eigenvalue weighted by molar-refractivity contribution is -0.117. The van der Waals surface area contributed by atoms with Gasteiger partial charge >= 0.3 is 0 Å². The van der Waals surface area contributed by atoms with Crippen molar-refractivity contribution in [3.8, 4) is 0 Å². The second-order valence-corrected chi connectivity index (χ2v) is 5.93. The van der Waals surface area contributed by atoms with E-state index in [0.29, 0.717) is 0 Å². The fourth-order valence-electron chi connectivity index (χ4n) is 3.14. The molecule has 0 aromatic carbocycles. The Balaban J connectivity index is 2.58. The number of hydrogen-bond donors (Lipinski definition) is 0. The SMILES string of the molecule is CCCC1CCCCN1CC(C)(C=O)CCC. The molecule has 0 amide bonds. The van der Waals surface area contributed by atoms with Crippen molar-refractivity contribution in [1.29, 1.82) is 0 Å². The monoisotopic (exact) mass is 239 g/mol. The van der Waals surface area contributed by atoms with Crippen molar-refractivity contribution in [2.45, 2.75) is 71.8 Å². The predicted molar refractivity (Wildman–Crippen MR) is 73.2 cm³/mol. The summed E-state index contributed by atoms with van der Waals surface area (Å²) in [5.74, 6) is 0. The van der Waals surface area contributed by atoms with Crippen LogP contribution in [-0.2, 0) is 4.79 Å². The molecule has 17 heavy (non-hydrogen) atoms. The van der Waals surface area contributed by atoms with E-state index in [0.717, 1.165) is 25.4 Å². The largest absolute Gasteiger partial charge is 0.303 e. The van der Waals surface area contributed by atoms with Crippen LogP contribution < -0.4 is 0 Å². The Morgan fingerprint density at radius 2 is 2.06 bits per heavy atom. The van der Waals surface area contributed by atoms with Crippen molar-refractivity contribution in [2.75, 3.05) is 13.1 Å². The number of carbonyl (C=O) groups is 1. The first-order valence-electron chi connectivity index (χ1n) is 7.35. The molecule has 2 heteroatoms. The van der Waals surface area contributed by atoms with Gasteiger partial charge in [-0.05, 0) is 32.2 Å². The summed E-state index contributed by atoms with van der Waals surface area (Å²) in [5, 5.41) is 0. The summed E-state index contributed by atoms with van der Waals surface area (Å²) < 4.78 is 0. The van der Waals surface area contributed by atoms with Crippen LogP contribution in [0.1, 0.15) is 65.7 Å². The van der Waals surface area contributed by atoms with Crippen molar-refractivity contribution in [3.05, 3.63) is 0 Å². The highest BCUT2D eigenvalue weighted by molar-refractivity contribution is 5.59. The fraction of sp³-hybridized carbons (Fsp3) is 0.933. The molecule has 1 heterocycles. The van der Waals surface area contributed by atoms with E-state index in [2.05, 4.69) is 25.7 Å². The molecule has 0 radical (unpaired) electrons. The van der Waals surface area contributed by atoms with Gasteiger partial charge in [0.2, 0.25) is 0 Å². The predicted octanol–water partition coefficient (Wildman–Crippen LogP) is 3.65. The number of rotatable bonds is 7. The number of hydrogen-bond acceptors (Lipinski definition) is 2. The van der Waals surface area contributed by atoms with E-state index < -0.39 is 0 Å². The first kappa shape index (κ1) is 14.7. The smallest absolute Gasteiger partial charge is 0.127 e. The maximum absolute atomic E-state index is 11.3. The minimum absolute atomic E-state index is 0.127. The molecule has 1 fully saturated rings. The van der Waals surface area contributed by atoms with Gasteiger partial charge in [-0.15, -0.1) is 0 Å². The van der Waals surface area contributed by atoms with E-state index in [-0.39, 0.29) is 5.41 Å². The Kier molecular flexibility index (Phi) is 6.18. The standard InChI is InChI=1S/C15H29NO/c1-4-8-14-9-6-7-11-16(14)12-15(3,13-17)10-5-2/h13-14H,4-12H2,1-3H3. The number of likely N-dealkylation sites (tertiary alicyclic amines) is 1. The normalized spacial score (nSPS) is 25.5. The molecular weight excluding hydrogens is 210 g/mol. The molecule has 1 aliphatic rings. The summed E-state index contributed by atoms with van der Waals surface area (Å²) >= 11 is 0. The second-order valence-electron chi connectivity index (χ2n) is 5.93. The average molecular weight is 239 g/mol. The second kappa shape index (κ2) is 7.15. The molecule has 2 unspecified atom stereocenters. The minimum atomic E-state index is -0.127. The maximum Gasteiger partial charge on any atom is 0.127 e. The Morgan fingerprint density at radius 3 is 2.65 bits per heavy atom. The van der Waals surface area contributed by atoms with Crippen LogP contribution in [0.25, 0.3) is 0 Å². The molecule has 2 nitrogen and oxygen atoms in total. The van der Waals surface area contributed by atoms with E-state index in [1.54, 1.807) is 0 Å².